The van der Waals surface area contributed by atoms with E-state index in [2.05, 4.69) is 4.98 Å². The molecule has 70 valence electrons. The number of aromatic amines is 1. The standard InChI is InChI=1S/C9H12N2O2/c10-8(5-1-2-5)6-3-7(12)9(13)11-4-6/h3-5,8,12H,1-2,10H2,(H,11,13). The minimum absolute atomic E-state index is 0.0530. The Hall–Kier alpha value is -1.29. The second-order valence-corrected chi connectivity index (χ2v) is 3.51. The Bertz CT molecular complexity index is 368. The van der Waals surface area contributed by atoms with Gasteiger partial charge in [-0.15, -0.1) is 0 Å². The molecule has 1 aromatic rings. The molecule has 0 radical (unpaired) electrons. The summed E-state index contributed by atoms with van der Waals surface area (Å²) in [4.78, 5) is 13.3. The quantitative estimate of drug-likeness (QED) is 0.619. The second kappa shape index (κ2) is 2.88. The van der Waals surface area contributed by atoms with Crippen LogP contribution in [0.15, 0.2) is 17.1 Å². The van der Waals surface area contributed by atoms with Crippen molar-refractivity contribution in [2.24, 2.45) is 11.7 Å². The van der Waals surface area contributed by atoms with Crippen LogP contribution in [0.1, 0.15) is 24.4 Å². The topological polar surface area (TPSA) is 79.1 Å². The van der Waals surface area contributed by atoms with Crippen molar-refractivity contribution in [1.29, 1.82) is 0 Å². The number of aromatic hydroxyl groups is 1. The summed E-state index contributed by atoms with van der Waals surface area (Å²) in [6, 6.07) is 1.39. The highest BCUT2D eigenvalue weighted by Crippen LogP contribution is 2.39. The summed E-state index contributed by atoms with van der Waals surface area (Å²) < 4.78 is 0. The van der Waals surface area contributed by atoms with Crippen LogP contribution in [0, 0.1) is 5.92 Å². The lowest BCUT2D eigenvalue weighted by Crippen LogP contribution is -2.15. The zero-order chi connectivity index (χ0) is 9.42. The van der Waals surface area contributed by atoms with Crippen LogP contribution in [0.25, 0.3) is 0 Å². The summed E-state index contributed by atoms with van der Waals surface area (Å²) in [5.41, 5.74) is 6.23. The highest BCUT2D eigenvalue weighted by molar-refractivity contribution is 5.25. The SMILES string of the molecule is NC(c1c[nH]c(=O)c(O)c1)C1CC1. The zero-order valence-corrected chi connectivity index (χ0v) is 7.16. The van der Waals surface area contributed by atoms with Crippen molar-refractivity contribution in [3.05, 3.63) is 28.2 Å². The van der Waals surface area contributed by atoms with Crippen LogP contribution in [0.4, 0.5) is 0 Å². The van der Waals surface area contributed by atoms with Crippen LogP contribution >= 0.6 is 0 Å². The van der Waals surface area contributed by atoms with Gasteiger partial charge in [-0.3, -0.25) is 4.79 Å². The van der Waals surface area contributed by atoms with E-state index in [0.717, 1.165) is 18.4 Å². The van der Waals surface area contributed by atoms with Crippen molar-refractivity contribution in [1.82, 2.24) is 4.98 Å². The van der Waals surface area contributed by atoms with Gasteiger partial charge in [-0.1, -0.05) is 0 Å². The molecule has 1 heterocycles. The highest BCUT2D eigenvalue weighted by Gasteiger charge is 2.29. The number of nitrogens with two attached hydrogens (primary N) is 1. The maximum absolute atomic E-state index is 10.8. The zero-order valence-electron chi connectivity index (χ0n) is 7.16. The van der Waals surface area contributed by atoms with Crippen molar-refractivity contribution in [2.45, 2.75) is 18.9 Å². The predicted molar refractivity (Wildman–Crippen MR) is 48.4 cm³/mol. The molecule has 13 heavy (non-hydrogen) atoms. The molecule has 4 N–H and O–H groups in total. The van der Waals surface area contributed by atoms with Crippen LogP contribution in [-0.2, 0) is 0 Å². The third-order valence-corrected chi connectivity index (χ3v) is 2.42. The molecule has 1 aromatic heterocycles. The average molecular weight is 180 g/mol. The molecule has 0 spiro atoms. The van der Waals surface area contributed by atoms with Gasteiger partial charge < -0.3 is 15.8 Å². The Balaban J connectivity index is 2.29. The fourth-order valence-corrected chi connectivity index (χ4v) is 1.41. The molecule has 0 aliphatic heterocycles. The Kier molecular flexibility index (Phi) is 1.84. The number of H-pyrrole nitrogens is 1. The largest absolute Gasteiger partial charge is 0.503 e. The lowest BCUT2D eigenvalue weighted by molar-refractivity contribution is 0.463. The molecule has 1 unspecified atom stereocenters. The maximum Gasteiger partial charge on any atom is 0.290 e. The van der Waals surface area contributed by atoms with Gasteiger partial charge in [0.25, 0.3) is 5.56 Å². The van der Waals surface area contributed by atoms with E-state index in [9.17, 15) is 4.79 Å². The number of pyridine rings is 1. The fourth-order valence-electron chi connectivity index (χ4n) is 1.41. The fraction of sp³-hybridized carbons (Fsp3) is 0.444. The maximum atomic E-state index is 10.8. The Morgan fingerprint density at radius 1 is 1.62 bits per heavy atom. The van der Waals surface area contributed by atoms with E-state index < -0.39 is 5.56 Å². The van der Waals surface area contributed by atoms with Crippen LogP contribution in [-0.4, -0.2) is 10.1 Å². The van der Waals surface area contributed by atoms with Crippen molar-refractivity contribution in [2.75, 3.05) is 0 Å². The van der Waals surface area contributed by atoms with Gasteiger partial charge in [-0.05, 0) is 30.4 Å². The van der Waals surface area contributed by atoms with Gasteiger partial charge in [-0.25, -0.2) is 0 Å². The number of nitrogens with one attached hydrogen (secondary N) is 1. The van der Waals surface area contributed by atoms with E-state index in [1.54, 1.807) is 6.20 Å². The molecule has 1 fully saturated rings. The molecule has 4 heteroatoms. The summed E-state index contributed by atoms with van der Waals surface area (Å²) in [5.74, 6) is 0.263. The molecule has 0 amide bonds. The Morgan fingerprint density at radius 3 is 2.85 bits per heavy atom. The summed E-state index contributed by atoms with van der Waals surface area (Å²) in [5, 5.41) is 9.15. The van der Waals surface area contributed by atoms with Crippen molar-refractivity contribution < 1.29 is 5.11 Å². The van der Waals surface area contributed by atoms with Crippen LogP contribution < -0.4 is 11.3 Å². The third-order valence-electron chi connectivity index (χ3n) is 2.42. The molecule has 1 aliphatic carbocycles. The Labute approximate surface area is 75.4 Å². The van der Waals surface area contributed by atoms with Gasteiger partial charge >= 0.3 is 0 Å². The van der Waals surface area contributed by atoms with Crippen LogP contribution in [0.3, 0.4) is 0 Å². The molecule has 0 saturated heterocycles. The van der Waals surface area contributed by atoms with Crippen molar-refractivity contribution in [3.63, 3.8) is 0 Å². The summed E-state index contributed by atoms with van der Waals surface area (Å²) >= 11 is 0. The summed E-state index contributed by atoms with van der Waals surface area (Å²) in [6.45, 7) is 0. The number of hydrogen-bond donors (Lipinski definition) is 3. The van der Waals surface area contributed by atoms with E-state index in [-0.39, 0.29) is 11.8 Å². The normalized spacial score (nSPS) is 18.5. The molecule has 0 aromatic carbocycles. The molecule has 1 saturated carbocycles. The summed E-state index contributed by atoms with van der Waals surface area (Å²) in [6.07, 6.45) is 3.85. The van der Waals surface area contributed by atoms with Crippen LogP contribution in [0.2, 0.25) is 0 Å². The van der Waals surface area contributed by atoms with E-state index in [1.165, 1.54) is 6.07 Å². The molecular formula is C9H12N2O2. The molecule has 1 atom stereocenters. The summed E-state index contributed by atoms with van der Waals surface area (Å²) in [7, 11) is 0. The lowest BCUT2D eigenvalue weighted by Gasteiger charge is -2.09. The van der Waals surface area contributed by atoms with Crippen molar-refractivity contribution in [3.8, 4) is 5.75 Å². The number of hydrogen-bond acceptors (Lipinski definition) is 3. The first kappa shape index (κ1) is 8.31. The number of rotatable bonds is 2. The van der Waals surface area contributed by atoms with E-state index in [1.807, 2.05) is 0 Å². The Morgan fingerprint density at radius 2 is 2.31 bits per heavy atom. The smallest absolute Gasteiger partial charge is 0.290 e. The minimum Gasteiger partial charge on any atom is -0.503 e. The first-order chi connectivity index (χ1) is 6.18. The number of aromatic nitrogens is 1. The van der Waals surface area contributed by atoms with E-state index >= 15 is 0 Å². The highest BCUT2D eigenvalue weighted by atomic mass is 16.3. The van der Waals surface area contributed by atoms with Gasteiger partial charge in [0.1, 0.15) is 0 Å². The van der Waals surface area contributed by atoms with E-state index in [0.29, 0.717) is 5.92 Å². The molecule has 2 rings (SSSR count). The third kappa shape index (κ3) is 1.58. The minimum atomic E-state index is -0.466. The van der Waals surface area contributed by atoms with E-state index in [4.69, 9.17) is 10.8 Å². The molecule has 1 aliphatic rings. The average Bonchev–Trinajstić information content (AvgIpc) is 2.91. The first-order valence-electron chi connectivity index (χ1n) is 4.35. The molecule has 0 bridgehead atoms. The molecule has 4 nitrogen and oxygen atoms in total. The van der Waals surface area contributed by atoms with Crippen LogP contribution in [0.5, 0.6) is 5.75 Å². The van der Waals surface area contributed by atoms with Crippen molar-refractivity contribution >= 4 is 0 Å². The van der Waals surface area contributed by atoms with Gasteiger partial charge in [-0.2, -0.15) is 0 Å². The monoisotopic (exact) mass is 180 g/mol. The van der Waals surface area contributed by atoms with Gasteiger partial charge in [0.15, 0.2) is 5.75 Å². The lowest BCUT2D eigenvalue weighted by atomic mass is 10.1. The predicted octanol–water partition coefficient (Wildman–Crippen LogP) is 0.490. The van der Waals surface area contributed by atoms with Gasteiger partial charge in [0.2, 0.25) is 0 Å². The second-order valence-electron chi connectivity index (χ2n) is 3.51. The first-order valence-corrected chi connectivity index (χ1v) is 4.35. The van der Waals surface area contributed by atoms with Gasteiger partial charge in [0.05, 0.1) is 0 Å². The molecular weight excluding hydrogens is 168 g/mol. The van der Waals surface area contributed by atoms with Gasteiger partial charge in [0, 0.05) is 12.2 Å².